The fraction of sp³-hybridized carbons (Fsp3) is 0.450. The number of allylic oxidation sites excluding steroid dienone is 1. The van der Waals surface area contributed by atoms with Gasteiger partial charge in [0.25, 0.3) is 0 Å². The Morgan fingerprint density at radius 2 is 2.21 bits per heavy atom. The average Bonchev–Trinajstić information content (AvgIpc) is 3.12. The first-order valence-electron chi connectivity index (χ1n) is 9.50. The molecule has 0 bridgehead atoms. The van der Waals surface area contributed by atoms with Gasteiger partial charge in [0.15, 0.2) is 0 Å². The molecule has 0 aromatic carbocycles. The number of aromatic carboxylic acids is 1. The summed E-state index contributed by atoms with van der Waals surface area (Å²) in [6.45, 7) is 4.08. The molecule has 1 fully saturated rings. The number of pyridine rings is 2. The first-order valence-corrected chi connectivity index (χ1v) is 9.87. The molecule has 0 radical (unpaired) electrons. The fourth-order valence-corrected chi connectivity index (χ4v) is 4.92. The van der Waals surface area contributed by atoms with E-state index in [1.54, 1.807) is 4.57 Å². The van der Waals surface area contributed by atoms with Crippen molar-refractivity contribution in [3.8, 4) is 0 Å². The SMILES string of the molecule is CCn1cc(C(=O)O)c(=O)c2cnc(N3CC4[C@H](CC=C[C@H]4NC)C3)c(Cl)c21. The normalized spacial score (nSPS) is 24.0. The maximum Gasteiger partial charge on any atom is 0.341 e. The van der Waals surface area contributed by atoms with Crippen LogP contribution >= 0.6 is 11.6 Å². The molecular weight excluding hydrogens is 380 g/mol. The van der Waals surface area contributed by atoms with Crippen molar-refractivity contribution >= 4 is 34.3 Å². The molecule has 4 rings (SSSR count). The quantitative estimate of drug-likeness (QED) is 0.763. The summed E-state index contributed by atoms with van der Waals surface area (Å²) in [5.41, 5.74) is -0.278. The van der Waals surface area contributed by atoms with E-state index in [2.05, 4.69) is 27.4 Å². The molecule has 0 spiro atoms. The van der Waals surface area contributed by atoms with E-state index in [1.807, 2.05) is 14.0 Å². The number of aromatic nitrogens is 2. The molecule has 2 aromatic rings. The van der Waals surface area contributed by atoms with E-state index in [0.717, 1.165) is 19.5 Å². The summed E-state index contributed by atoms with van der Waals surface area (Å²) < 4.78 is 1.72. The minimum absolute atomic E-state index is 0.238. The van der Waals surface area contributed by atoms with Gasteiger partial charge in [-0.25, -0.2) is 9.78 Å². The van der Waals surface area contributed by atoms with Crippen LogP contribution in [0.1, 0.15) is 23.7 Å². The van der Waals surface area contributed by atoms with Crippen LogP contribution in [0.25, 0.3) is 10.9 Å². The van der Waals surface area contributed by atoms with Crippen LogP contribution in [0.3, 0.4) is 0 Å². The van der Waals surface area contributed by atoms with E-state index >= 15 is 0 Å². The van der Waals surface area contributed by atoms with Crippen molar-refractivity contribution in [2.45, 2.75) is 25.9 Å². The standard InChI is InChI=1S/C20H23ClN4O3/c1-3-24-10-14(20(27)28)18(26)12-7-23-19(16(21)17(12)24)25-8-11-5-4-6-15(22-2)13(11)9-25/h4,6-7,10-11,13,15,22H,3,5,8-9H2,1-2H3,(H,27,28)/t11-,13?,15-/m1/s1. The predicted octanol–water partition coefficient (Wildman–Crippen LogP) is 2.37. The second-order valence-electron chi connectivity index (χ2n) is 7.43. The number of carboxylic acid groups (broad SMARTS) is 1. The average molecular weight is 403 g/mol. The van der Waals surface area contributed by atoms with Gasteiger partial charge in [-0.15, -0.1) is 0 Å². The van der Waals surface area contributed by atoms with E-state index in [0.29, 0.717) is 40.8 Å². The lowest BCUT2D eigenvalue weighted by molar-refractivity contribution is 0.0695. The number of nitrogens with one attached hydrogen (secondary N) is 1. The molecule has 2 N–H and O–H groups in total. The highest BCUT2D eigenvalue weighted by atomic mass is 35.5. The minimum Gasteiger partial charge on any atom is -0.477 e. The van der Waals surface area contributed by atoms with Gasteiger partial charge in [0.05, 0.1) is 10.9 Å². The summed E-state index contributed by atoms with van der Waals surface area (Å²) in [4.78, 5) is 30.7. The summed E-state index contributed by atoms with van der Waals surface area (Å²) >= 11 is 6.73. The third kappa shape index (κ3) is 2.89. The maximum absolute atomic E-state index is 12.6. The Labute approximate surface area is 167 Å². The smallest absolute Gasteiger partial charge is 0.341 e. The number of carbonyl (C=O) groups is 1. The number of hydrogen-bond acceptors (Lipinski definition) is 5. The lowest BCUT2D eigenvalue weighted by Gasteiger charge is -2.28. The van der Waals surface area contributed by atoms with Crippen molar-refractivity contribution < 1.29 is 9.90 Å². The monoisotopic (exact) mass is 402 g/mol. The molecule has 1 aliphatic carbocycles. The predicted molar refractivity (Wildman–Crippen MR) is 109 cm³/mol. The van der Waals surface area contributed by atoms with Crippen molar-refractivity contribution in [3.05, 3.63) is 45.4 Å². The number of likely N-dealkylation sites (N-methyl/N-ethyl adjacent to an activating group) is 1. The zero-order chi connectivity index (χ0) is 20.0. The van der Waals surface area contributed by atoms with E-state index < -0.39 is 11.4 Å². The van der Waals surface area contributed by atoms with Gasteiger partial charge < -0.3 is 19.9 Å². The van der Waals surface area contributed by atoms with Crippen LogP contribution in [0, 0.1) is 11.8 Å². The fourth-order valence-electron chi connectivity index (χ4n) is 4.54. The molecule has 1 saturated heterocycles. The number of fused-ring (bicyclic) bond motifs is 2. The molecule has 28 heavy (non-hydrogen) atoms. The Morgan fingerprint density at radius 1 is 1.43 bits per heavy atom. The third-order valence-corrected chi connectivity index (χ3v) is 6.32. The Bertz CT molecular complexity index is 1030. The number of carboxylic acids is 1. The number of anilines is 1. The molecule has 3 atom stereocenters. The van der Waals surface area contributed by atoms with E-state index in [4.69, 9.17) is 11.6 Å². The molecule has 1 aliphatic heterocycles. The molecule has 1 unspecified atom stereocenters. The number of rotatable bonds is 4. The van der Waals surface area contributed by atoms with Crippen LogP contribution < -0.4 is 15.6 Å². The van der Waals surface area contributed by atoms with Gasteiger partial charge in [0.2, 0.25) is 5.43 Å². The Morgan fingerprint density at radius 3 is 2.89 bits per heavy atom. The van der Waals surface area contributed by atoms with Gasteiger partial charge in [-0.3, -0.25) is 4.79 Å². The number of nitrogens with zero attached hydrogens (tertiary/aromatic N) is 3. The van der Waals surface area contributed by atoms with Crippen molar-refractivity contribution in [2.75, 3.05) is 25.0 Å². The number of aryl methyl sites for hydroxylation is 1. The van der Waals surface area contributed by atoms with Gasteiger partial charge in [0.1, 0.15) is 16.4 Å². The van der Waals surface area contributed by atoms with E-state index in [-0.39, 0.29) is 10.9 Å². The van der Waals surface area contributed by atoms with Gasteiger partial charge in [0, 0.05) is 44.0 Å². The molecule has 8 heteroatoms. The molecule has 3 heterocycles. The Kier molecular flexibility index (Phi) is 4.89. The Hall–Kier alpha value is -2.38. The van der Waals surface area contributed by atoms with Crippen molar-refractivity contribution in [1.29, 1.82) is 0 Å². The lowest BCUT2D eigenvalue weighted by Crippen LogP contribution is -2.38. The molecule has 7 nitrogen and oxygen atoms in total. The Balaban J connectivity index is 1.80. The van der Waals surface area contributed by atoms with E-state index in [1.165, 1.54) is 12.4 Å². The van der Waals surface area contributed by atoms with Crippen molar-refractivity contribution in [2.24, 2.45) is 11.8 Å². The largest absolute Gasteiger partial charge is 0.477 e. The van der Waals surface area contributed by atoms with Crippen LogP contribution in [0.4, 0.5) is 5.82 Å². The molecule has 0 saturated carbocycles. The van der Waals surface area contributed by atoms with Crippen molar-refractivity contribution in [3.63, 3.8) is 0 Å². The highest BCUT2D eigenvalue weighted by molar-refractivity contribution is 6.37. The maximum atomic E-state index is 12.6. The molecule has 0 amide bonds. The van der Waals surface area contributed by atoms with Crippen LogP contribution in [0.5, 0.6) is 0 Å². The summed E-state index contributed by atoms with van der Waals surface area (Å²) in [6, 6.07) is 0.329. The molecular formula is C20H23ClN4O3. The summed E-state index contributed by atoms with van der Waals surface area (Å²) in [6.07, 6.45) is 8.32. The van der Waals surface area contributed by atoms with Crippen LogP contribution in [0.15, 0.2) is 29.3 Å². The first-order chi connectivity index (χ1) is 13.5. The van der Waals surface area contributed by atoms with Gasteiger partial charge in [-0.2, -0.15) is 0 Å². The highest BCUT2D eigenvalue weighted by Crippen LogP contribution is 2.38. The first kappa shape index (κ1) is 19.0. The number of halogens is 1. The van der Waals surface area contributed by atoms with Gasteiger partial charge >= 0.3 is 5.97 Å². The summed E-state index contributed by atoms with van der Waals surface area (Å²) in [7, 11) is 1.97. The minimum atomic E-state index is -1.25. The second kappa shape index (κ2) is 7.22. The number of hydrogen-bond donors (Lipinski definition) is 2. The van der Waals surface area contributed by atoms with Crippen LogP contribution in [0.2, 0.25) is 5.02 Å². The second-order valence-corrected chi connectivity index (χ2v) is 7.81. The van der Waals surface area contributed by atoms with Crippen molar-refractivity contribution in [1.82, 2.24) is 14.9 Å². The van der Waals surface area contributed by atoms with Gasteiger partial charge in [-0.05, 0) is 26.3 Å². The van der Waals surface area contributed by atoms with Crippen LogP contribution in [-0.2, 0) is 6.54 Å². The third-order valence-electron chi connectivity index (χ3n) is 5.98. The summed E-state index contributed by atoms with van der Waals surface area (Å²) in [5.74, 6) is 0.414. The van der Waals surface area contributed by atoms with Gasteiger partial charge in [-0.1, -0.05) is 23.8 Å². The lowest BCUT2D eigenvalue weighted by atomic mass is 9.82. The molecule has 2 aliphatic rings. The molecule has 148 valence electrons. The highest BCUT2D eigenvalue weighted by Gasteiger charge is 2.39. The zero-order valence-corrected chi connectivity index (χ0v) is 16.6. The summed E-state index contributed by atoms with van der Waals surface area (Å²) in [5, 5.41) is 13.3. The van der Waals surface area contributed by atoms with E-state index in [9.17, 15) is 14.7 Å². The molecule has 2 aromatic heterocycles. The topological polar surface area (TPSA) is 87.5 Å². The van der Waals surface area contributed by atoms with Crippen LogP contribution in [-0.4, -0.2) is 46.8 Å². The zero-order valence-electron chi connectivity index (χ0n) is 15.9.